The highest BCUT2D eigenvalue weighted by Gasteiger charge is 2.34. The first-order chi connectivity index (χ1) is 11.8. The minimum absolute atomic E-state index is 0.0860. The van der Waals surface area contributed by atoms with Gasteiger partial charge in [0.05, 0.1) is 18.6 Å². The van der Waals surface area contributed by atoms with Crippen molar-refractivity contribution in [2.24, 2.45) is 10.4 Å². The van der Waals surface area contributed by atoms with Gasteiger partial charge in [0.25, 0.3) is 0 Å². The topological polar surface area (TPSA) is 108 Å². The Morgan fingerprint density at radius 2 is 1.60 bits per heavy atom. The number of isocyanates is 1. The zero-order valence-corrected chi connectivity index (χ0v) is 14.1. The Bertz CT molecular complexity index is 564. The van der Waals surface area contributed by atoms with E-state index in [0.717, 1.165) is 12.2 Å². The lowest BCUT2D eigenvalue weighted by atomic mass is 9.86. The Balaban J connectivity index is 5.21. The van der Waals surface area contributed by atoms with Gasteiger partial charge in [0.2, 0.25) is 6.08 Å². The average Bonchev–Trinajstić information content (AvgIpc) is 2.61. The number of hydrogen-bond donors (Lipinski definition) is 0. The molecule has 0 fully saturated rings. The Labute approximate surface area is 145 Å². The molecule has 0 unspecified atom stereocenters. The summed E-state index contributed by atoms with van der Waals surface area (Å²) in [6.45, 7) is 10.8. The maximum Gasteiger partial charge on any atom is 0.333 e. The van der Waals surface area contributed by atoms with Gasteiger partial charge in [0.1, 0.15) is 13.2 Å². The van der Waals surface area contributed by atoms with Crippen molar-refractivity contribution in [1.29, 1.82) is 0 Å². The number of carbonyl (C=O) groups excluding carboxylic acids is 4. The molecule has 136 valence electrons. The molecular formula is C17H21NO7. The minimum Gasteiger partial charge on any atom is -0.462 e. The van der Waals surface area contributed by atoms with Crippen LogP contribution in [-0.4, -0.2) is 50.4 Å². The van der Waals surface area contributed by atoms with E-state index in [1.165, 1.54) is 13.0 Å². The molecular weight excluding hydrogens is 330 g/mol. The molecule has 0 bridgehead atoms. The van der Waals surface area contributed by atoms with E-state index in [1.54, 1.807) is 0 Å². The van der Waals surface area contributed by atoms with Crippen LogP contribution in [-0.2, 0) is 33.4 Å². The van der Waals surface area contributed by atoms with E-state index in [2.05, 4.69) is 24.7 Å². The third-order valence-electron chi connectivity index (χ3n) is 3.07. The molecule has 0 atom stereocenters. The quantitative estimate of drug-likeness (QED) is 0.171. The number of ether oxygens (including phenoxy) is 3. The number of rotatable bonds is 12. The van der Waals surface area contributed by atoms with Crippen LogP contribution in [0.4, 0.5) is 0 Å². The van der Waals surface area contributed by atoms with Crippen molar-refractivity contribution in [3.8, 4) is 0 Å². The van der Waals surface area contributed by atoms with E-state index >= 15 is 0 Å². The summed E-state index contributed by atoms with van der Waals surface area (Å²) in [7, 11) is 0. The first kappa shape index (κ1) is 22.0. The van der Waals surface area contributed by atoms with Gasteiger partial charge in [0.15, 0.2) is 0 Å². The van der Waals surface area contributed by atoms with Gasteiger partial charge in [-0.3, -0.25) is 0 Å². The largest absolute Gasteiger partial charge is 0.462 e. The monoisotopic (exact) mass is 351 g/mol. The standard InChI is InChI=1S/C17H21NO7/c1-5-14(20)24-10-17(9-18-12-19,11-25-15(21)6-2)7-8-23-16(22)13(3)4/h5-6H,1-3,7-11H2,4H3. The Hall–Kier alpha value is -2.99. The molecule has 0 heterocycles. The zero-order valence-electron chi connectivity index (χ0n) is 14.1. The number of nitrogens with zero attached hydrogens (tertiary/aromatic N) is 1. The molecule has 0 aromatic carbocycles. The first-order valence-corrected chi connectivity index (χ1v) is 7.25. The van der Waals surface area contributed by atoms with Crippen LogP contribution in [0.5, 0.6) is 0 Å². The third kappa shape index (κ3) is 9.02. The van der Waals surface area contributed by atoms with Gasteiger partial charge in [0, 0.05) is 17.7 Å². The predicted octanol–water partition coefficient (Wildman–Crippen LogP) is 1.28. The van der Waals surface area contributed by atoms with Crippen molar-refractivity contribution in [2.75, 3.05) is 26.4 Å². The summed E-state index contributed by atoms with van der Waals surface area (Å²) in [5.41, 5.74) is -0.864. The molecule has 0 radical (unpaired) electrons. The Morgan fingerprint density at radius 3 is 2.00 bits per heavy atom. The van der Waals surface area contributed by atoms with Gasteiger partial charge in [-0.05, 0) is 13.3 Å². The number of hydrogen-bond acceptors (Lipinski definition) is 8. The van der Waals surface area contributed by atoms with Crippen LogP contribution in [0, 0.1) is 5.41 Å². The SMILES string of the molecule is C=CC(=O)OCC(CCOC(=O)C(=C)C)(CN=C=O)COC(=O)C=C. The van der Waals surface area contributed by atoms with Gasteiger partial charge < -0.3 is 14.2 Å². The molecule has 0 amide bonds. The second kappa shape index (κ2) is 11.5. The van der Waals surface area contributed by atoms with E-state index in [-0.39, 0.29) is 38.4 Å². The lowest BCUT2D eigenvalue weighted by molar-refractivity contribution is -0.151. The fraction of sp³-hybridized carbons (Fsp3) is 0.412. The summed E-state index contributed by atoms with van der Waals surface area (Å²) < 4.78 is 15.0. The summed E-state index contributed by atoms with van der Waals surface area (Å²) in [4.78, 5) is 48.1. The summed E-state index contributed by atoms with van der Waals surface area (Å²) in [6, 6.07) is 0. The number of aliphatic imine (C=N–C) groups is 1. The van der Waals surface area contributed by atoms with E-state index < -0.39 is 23.3 Å². The average molecular weight is 351 g/mol. The van der Waals surface area contributed by atoms with Crippen LogP contribution in [0.1, 0.15) is 13.3 Å². The fourth-order valence-corrected chi connectivity index (χ4v) is 1.61. The highest BCUT2D eigenvalue weighted by atomic mass is 16.6. The molecule has 0 spiro atoms. The number of esters is 3. The second-order valence-electron chi connectivity index (χ2n) is 5.20. The van der Waals surface area contributed by atoms with Crippen LogP contribution in [0.15, 0.2) is 42.5 Å². The lowest BCUT2D eigenvalue weighted by Gasteiger charge is -2.30. The molecule has 8 heteroatoms. The molecule has 0 N–H and O–H groups in total. The van der Waals surface area contributed by atoms with Crippen LogP contribution < -0.4 is 0 Å². The molecule has 0 saturated carbocycles. The van der Waals surface area contributed by atoms with Crippen molar-refractivity contribution in [3.05, 3.63) is 37.5 Å². The summed E-state index contributed by atoms with van der Waals surface area (Å²) in [5, 5.41) is 0. The molecule has 0 saturated heterocycles. The van der Waals surface area contributed by atoms with Crippen LogP contribution in [0.25, 0.3) is 0 Å². The van der Waals surface area contributed by atoms with Crippen LogP contribution in [0.3, 0.4) is 0 Å². The summed E-state index contributed by atoms with van der Waals surface area (Å²) in [6.07, 6.45) is 3.40. The van der Waals surface area contributed by atoms with Gasteiger partial charge in [-0.25, -0.2) is 24.2 Å². The summed E-state index contributed by atoms with van der Waals surface area (Å²) >= 11 is 0. The molecule has 0 aromatic heterocycles. The molecule has 0 aliphatic rings. The van der Waals surface area contributed by atoms with Gasteiger partial charge in [-0.15, -0.1) is 0 Å². The Kier molecular flexibility index (Phi) is 10.2. The van der Waals surface area contributed by atoms with Crippen molar-refractivity contribution in [3.63, 3.8) is 0 Å². The van der Waals surface area contributed by atoms with Crippen molar-refractivity contribution < 1.29 is 33.4 Å². The minimum atomic E-state index is -1.08. The molecule has 0 aliphatic heterocycles. The van der Waals surface area contributed by atoms with E-state index in [0.29, 0.717) is 0 Å². The molecule has 25 heavy (non-hydrogen) atoms. The van der Waals surface area contributed by atoms with Crippen molar-refractivity contribution in [1.82, 2.24) is 0 Å². The van der Waals surface area contributed by atoms with Crippen LogP contribution in [0.2, 0.25) is 0 Å². The molecule has 0 rings (SSSR count). The summed E-state index contributed by atoms with van der Waals surface area (Å²) in [5.74, 6) is -2.00. The van der Waals surface area contributed by atoms with Gasteiger partial charge in [-0.2, -0.15) is 0 Å². The van der Waals surface area contributed by atoms with Crippen molar-refractivity contribution >= 4 is 24.0 Å². The first-order valence-electron chi connectivity index (χ1n) is 7.25. The molecule has 0 aromatic rings. The highest BCUT2D eigenvalue weighted by Crippen LogP contribution is 2.25. The normalized spacial score (nSPS) is 9.96. The fourth-order valence-electron chi connectivity index (χ4n) is 1.61. The highest BCUT2D eigenvalue weighted by molar-refractivity contribution is 5.86. The van der Waals surface area contributed by atoms with Gasteiger partial charge in [-0.1, -0.05) is 19.7 Å². The third-order valence-corrected chi connectivity index (χ3v) is 3.07. The maximum absolute atomic E-state index is 11.5. The maximum atomic E-state index is 11.5. The molecule has 0 aliphatic carbocycles. The van der Waals surface area contributed by atoms with E-state index in [1.807, 2.05) is 0 Å². The number of carbonyl (C=O) groups is 3. The van der Waals surface area contributed by atoms with Crippen LogP contribution >= 0.6 is 0 Å². The zero-order chi connectivity index (χ0) is 19.3. The van der Waals surface area contributed by atoms with E-state index in [9.17, 15) is 19.2 Å². The predicted molar refractivity (Wildman–Crippen MR) is 88.1 cm³/mol. The molecule has 8 nitrogen and oxygen atoms in total. The lowest BCUT2D eigenvalue weighted by Crippen LogP contribution is -2.38. The smallest absolute Gasteiger partial charge is 0.333 e. The Morgan fingerprint density at radius 1 is 1.08 bits per heavy atom. The second-order valence-corrected chi connectivity index (χ2v) is 5.20. The van der Waals surface area contributed by atoms with Gasteiger partial charge >= 0.3 is 17.9 Å². The van der Waals surface area contributed by atoms with E-state index in [4.69, 9.17) is 14.2 Å². The van der Waals surface area contributed by atoms with Crippen molar-refractivity contribution in [2.45, 2.75) is 13.3 Å².